The maximum Gasteiger partial charge on any atom is -0.0205 e. The highest BCUT2D eigenvalue weighted by Gasteiger charge is 1.94. The average Bonchev–Trinajstić information content (AvgIpc) is 2.30. The fraction of sp³-hybridized carbons (Fsp3) is 0.133. The molecule has 0 saturated carbocycles. The first-order chi connectivity index (χ1) is 7.29. The highest BCUT2D eigenvalue weighted by atomic mass is 14.0. The van der Waals surface area contributed by atoms with Crippen LogP contribution < -0.4 is 0 Å². The lowest BCUT2D eigenvalue weighted by Crippen LogP contribution is -1.81. The molecule has 0 aliphatic heterocycles. The van der Waals surface area contributed by atoms with E-state index in [-0.39, 0.29) is 0 Å². The highest BCUT2D eigenvalue weighted by Crippen LogP contribution is 2.20. The van der Waals surface area contributed by atoms with Gasteiger partial charge < -0.3 is 0 Å². The summed E-state index contributed by atoms with van der Waals surface area (Å²) in [6.07, 6.45) is 1.10. The lowest BCUT2D eigenvalue weighted by molar-refractivity contribution is 1.14. The van der Waals surface area contributed by atoms with Crippen molar-refractivity contribution in [1.82, 2.24) is 0 Å². The predicted molar refractivity (Wildman–Crippen MR) is 65.7 cm³/mol. The molecule has 0 bridgehead atoms. The molecule has 0 aromatic heterocycles. The lowest BCUT2D eigenvalue weighted by atomic mass is 10.0. The molecule has 0 heteroatoms. The number of aryl methyl sites for hydroxylation is 1. The van der Waals surface area contributed by atoms with Crippen LogP contribution in [-0.4, -0.2) is 0 Å². The third-order valence-electron chi connectivity index (χ3n) is 2.65. The number of benzene rings is 2. The quantitative estimate of drug-likeness (QED) is 0.633. The van der Waals surface area contributed by atoms with Gasteiger partial charge in [-0.3, -0.25) is 0 Å². The maximum atomic E-state index is 3.88. The molecule has 0 aliphatic rings. The Morgan fingerprint density at radius 3 is 1.73 bits per heavy atom. The van der Waals surface area contributed by atoms with Crippen LogP contribution >= 0.6 is 0 Å². The van der Waals surface area contributed by atoms with Crippen LogP contribution in [-0.2, 0) is 6.42 Å². The van der Waals surface area contributed by atoms with E-state index in [4.69, 9.17) is 0 Å². The fourth-order valence-corrected chi connectivity index (χ4v) is 1.63. The van der Waals surface area contributed by atoms with Crippen LogP contribution in [0, 0.1) is 6.92 Å². The molecule has 0 amide bonds. The second-order valence-electron chi connectivity index (χ2n) is 3.75. The van der Waals surface area contributed by atoms with Crippen LogP contribution in [0.5, 0.6) is 0 Å². The zero-order valence-corrected chi connectivity index (χ0v) is 9.03. The van der Waals surface area contributed by atoms with Crippen molar-refractivity contribution in [1.29, 1.82) is 0 Å². The van der Waals surface area contributed by atoms with Crippen molar-refractivity contribution in [3.8, 4) is 11.1 Å². The Bertz CT molecular complexity index is 421. The Balaban J connectivity index is 2.33. The Morgan fingerprint density at radius 2 is 1.27 bits per heavy atom. The van der Waals surface area contributed by atoms with Crippen molar-refractivity contribution in [2.45, 2.75) is 13.3 Å². The van der Waals surface area contributed by atoms with Crippen molar-refractivity contribution in [3.63, 3.8) is 0 Å². The minimum absolute atomic E-state index is 1.06. The van der Waals surface area contributed by atoms with Crippen molar-refractivity contribution >= 4 is 0 Å². The topological polar surface area (TPSA) is 0 Å². The van der Waals surface area contributed by atoms with E-state index in [2.05, 4.69) is 50.2 Å². The van der Waals surface area contributed by atoms with E-state index in [1.165, 1.54) is 16.7 Å². The molecule has 0 saturated heterocycles. The number of hydrogen-bond donors (Lipinski definition) is 0. The first-order valence-electron chi connectivity index (χ1n) is 5.31. The molecule has 2 aromatic rings. The van der Waals surface area contributed by atoms with Gasteiger partial charge in [0.25, 0.3) is 0 Å². The van der Waals surface area contributed by atoms with Crippen LogP contribution in [0.25, 0.3) is 11.1 Å². The molecule has 0 atom stereocenters. The Morgan fingerprint density at radius 1 is 0.800 bits per heavy atom. The van der Waals surface area contributed by atoms with E-state index in [1.807, 2.05) is 12.1 Å². The van der Waals surface area contributed by atoms with E-state index in [1.54, 1.807) is 0 Å². The maximum absolute atomic E-state index is 3.88. The lowest BCUT2D eigenvalue weighted by Gasteiger charge is -2.07. The molecular weight excluding hydrogens is 180 g/mol. The van der Waals surface area contributed by atoms with Gasteiger partial charge in [-0.1, -0.05) is 31.2 Å². The van der Waals surface area contributed by atoms with Gasteiger partial charge in [0, 0.05) is 0 Å². The summed E-state index contributed by atoms with van der Waals surface area (Å²) < 4.78 is 0. The summed E-state index contributed by atoms with van der Waals surface area (Å²) in [5.41, 5.74) is 4.97. The SMILES string of the molecule is [CH2-]c1ccc(-c2ccc(CC)cc2)cc1. The van der Waals surface area contributed by atoms with Crippen molar-refractivity contribution in [2.24, 2.45) is 0 Å². The van der Waals surface area contributed by atoms with E-state index in [0.29, 0.717) is 0 Å². The van der Waals surface area contributed by atoms with Gasteiger partial charge in [0.05, 0.1) is 0 Å². The van der Waals surface area contributed by atoms with Crippen LogP contribution in [0.3, 0.4) is 0 Å². The van der Waals surface area contributed by atoms with E-state index in [9.17, 15) is 0 Å². The molecule has 0 nitrogen and oxygen atoms in total. The highest BCUT2D eigenvalue weighted by molar-refractivity contribution is 5.64. The molecule has 2 aromatic carbocycles. The summed E-state index contributed by atoms with van der Waals surface area (Å²) in [5, 5.41) is 0. The van der Waals surface area contributed by atoms with Crippen LogP contribution in [0.4, 0.5) is 0 Å². The predicted octanol–water partition coefficient (Wildman–Crippen LogP) is 4.10. The normalized spacial score (nSPS) is 10.2. The van der Waals surface area contributed by atoms with Crippen LogP contribution in [0.15, 0.2) is 48.5 Å². The number of rotatable bonds is 2. The van der Waals surface area contributed by atoms with Gasteiger partial charge >= 0.3 is 0 Å². The van der Waals surface area contributed by atoms with Crippen molar-refractivity contribution < 1.29 is 0 Å². The largest absolute Gasteiger partial charge is 0.199 e. The summed E-state index contributed by atoms with van der Waals surface area (Å²) in [4.78, 5) is 0. The average molecular weight is 195 g/mol. The van der Waals surface area contributed by atoms with Gasteiger partial charge in [-0.05, 0) is 23.1 Å². The zero-order valence-electron chi connectivity index (χ0n) is 9.03. The molecular formula is C15H15-. The first kappa shape index (κ1) is 9.85. The smallest absolute Gasteiger partial charge is 0.0205 e. The minimum atomic E-state index is 1.06. The Kier molecular flexibility index (Phi) is 2.77. The third-order valence-corrected chi connectivity index (χ3v) is 2.65. The van der Waals surface area contributed by atoms with Gasteiger partial charge in [-0.25, -0.2) is 0 Å². The molecule has 15 heavy (non-hydrogen) atoms. The van der Waals surface area contributed by atoms with Crippen LogP contribution in [0.2, 0.25) is 0 Å². The third kappa shape index (κ3) is 2.21. The molecule has 0 fully saturated rings. The van der Waals surface area contributed by atoms with Gasteiger partial charge in [0.1, 0.15) is 0 Å². The van der Waals surface area contributed by atoms with Gasteiger partial charge in [-0.2, -0.15) is 24.6 Å². The van der Waals surface area contributed by atoms with Crippen molar-refractivity contribution in [2.75, 3.05) is 0 Å². The van der Waals surface area contributed by atoms with Gasteiger partial charge in [0.2, 0.25) is 0 Å². The van der Waals surface area contributed by atoms with E-state index in [0.717, 1.165) is 12.0 Å². The standard InChI is InChI=1S/C15H15/c1-3-13-6-10-15(11-7-13)14-8-4-12(2)5-9-14/h4-11H,2-3H2,1H3/q-1. The Labute approximate surface area is 91.6 Å². The summed E-state index contributed by atoms with van der Waals surface area (Å²) in [5.74, 6) is 0. The molecule has 0 spiro atoms. The summed E-state index contributed by atoms with van der Waals surface area (Å²) in [6, 6.07) is 17.0. The molecule has 2 rings (SSSR count). The van der Waals surface area contributed by atoms with E-state index >= 15 is 0 Å². The van der Waals surface area contributed by atoms with Crippen molar-refractivity contribution in [3.05, 3.63) is 66.6 Å². The molecule has 0 radical (unpaired) electrons. The van der Waals surface area contributed by atoms with Gasteiger partial charge in [0.15, 0.2) is 0 Å². The Hall–Kier alpha value is -1.69. The van der Waals surface area contributed by atoms with Crippen LogP contribution in [0.1, 0.15) is 18.1 Å². The second kappa shape index (κ2) is 4.22. The van der Waals surface area contributed by atoms with E-state index < -0.39 is 0 Å². The number of hydrogen-bond acceptors (Lipinski definition) is 0. The fourth-order valence-electron chi connectivity index (χ4n) is 1.63. The monoisotopic (exact) mass is 195 g/mol. The minimum Gasteiger partial charge on any atom is -0.199 e. The molecule has 0 aliphatic carbocycles. The molecule has 0 heterocycles. The zero-order chi connectivity index (χ0) is 10.7. The summed E-state index contributed by atoms with van der Waals surface area (Å²) in [6.45, 7) is 6.06. The molecule has 0 unspecified atom stereocenters. The summed E-state index contributed by atoms with van der Waals surface area (Å²) in [7, 11) is 0. The second-order valence-corrected chi connectivity index (χ2v) is 3.75. The van der Waals surface area contributed by atoms with Gasteiger partial charge in [-0.15, -0.1) is 12.1 Å². The summed E-state index contributed by atoms with van der Waals surface area (Å²) >= 11 is 0. The first-order valence-corrected chi connectivity index (χ1v) is 5.31. The molecule has 76 valence electrons. The molecule has 0 N–H and O–H groups in total.